The third-order valence-electron chi connectivity index (χ3n) is 3.16. The lowest BCUT2D eigenvalue weighted by molar-refractivity contribution is -0.121. The Labute approximate surface area is 113 Å². The molecule has 0 heterocycles. The second-order valence-corrected chi connectivity index (χ2v) is 5.21. The van der Waals surface area contributed by atoms with Crippen LogP contribution in [0.4, 0.5) is 0 Å². The summed E-state index contributed by atoms with van der Waals surface area (Å²) in [5.41, 5.74) is 0. The summed E-state index contributed by atoms with van der Waals surface area (Å²) in [6.07, 6.45) is 10.7. The second-order valence-electron chi connectivity index (χ2n) is 5.21. The van der Waals surface area contributed by atoms with Crippen LogP contribution in [0.3, 0.4) is 0 Å². The summed E-state index contributed by atoms with van der Waals surface area (Å²) in [4.78, 5) is 13.7. The zero-order valence-electron chi connectivity index (χ0n) is 12.6. The van der Waals surface area contributed by atoms with Gasteiger partial charge in [-0.05, 0) is 26.4 Å². The first-order chi connectivity index (χ1) is 8.70. The van der Waals surface area contributed by atoms with Crippen LogP contribution in [0.2, 0.25) is 0 Å². The number of amides is 1. The predicted molar refractivity (Wildman–Crippen MR) is 78.5 cm³/mol. The average molecular weight is 256 g/mol. The number of unbranched alkanes of at least 4 members (excludes halogenated alkanes) is 6. The Hall–Kier alpha value is -0.570. The summed E-state index contributed by atoms with van der Waals surface area (Å²) in [5, 5.41) is 2.97. The molecule has 0 spiro atoms. The number of hydrogen-bond donors (Lipinski definition) is 1. The molecule has 0 unspecified atom stereocenters. The van der Waals surface area contributed by atoms with Gasteiger partial charge < -0.3 is 5.32 Å². The van der Waals surface area contributed by atoms with Gasteiger partial charge in [0.2, 0.25) is 5.91 Å². The minimum atomic E-state index is 0.200. The van der Waals surface area contributed by atoms with Gasteiger partial charge in [0.1, 0.15) is 0 Å². The summed E-state index contributed by atoms with van der Waals surface area (Å²) >= 11 is 0. The number of hydrogen-bond acceptors (Lipinski definition) is 2. The van der Waals surface area contributed by atoms with E-state index in [9.17, 15) is 4.79 Å². The molecule has 0 aliphatic carbocycles. The number of nitrogens with zero attached hydrogens (tertiary/aromatic N) is 1. The lowest BCUT2D eigenvalue weighted by atomic mass is 10.1. The predicted octanol–water partition coefficient (Wildman–Crippen LogP) is 3.54. The van der Waals surface area contributed by atoms with Gasteiger partial charge in [0.05, 0.1) is 6.67 Å². The van der Waals surface area contributed by atoms with E-state index in [0.29, 0.717) is 13.1 Å². The van der Waals surface area contributed by atoms with Crippen molar-refractivity contribution < 1.29 is 4.79 Å². The van der Waals surface area contributed by atoms with Crippen molar-refractivity contribution in [2.24, 2.45) is 0 Å². The zero-order valence-corrected chi connectivity index (χ0v) is 12.6. The Bertz CT molecular complexity index is 195. The Morgan fingerprint density at radius 3 is 2.17 bits per heavy atom. The van der Waals surface area contributed by atoms with Crippen LogP contribution in [0, 0.1) is 0 Å². The molecule has 108 valence electrons. The van der Waals surface area contributed by atoms with Gasteiger partial charge in [0.25, 0.3) is 0 Å². The maximum Gasteiger partial charge on any atom is 0.220 e. The van der Waals surface area contributed by atoms with E-state index in [1.54, 1.807) is 0 Å². The molecular weight excluding hydrogens is 224 g/mol. The second kappa shape index (κ2) is 12.9. The number of rotatable bonds is 12. The van der Waals surface area contributed by atoms with Crippen molar-refractivity contribution in [1.82, 2.24) is 10.2 Å². The van der Waals surface area contributed by atoms with E-state index in [1.807, 2.05) is 7.05 Å². The molecule has 0 aromatic carbocycles. The lowest BCUT2D eigenvalue weighted by Crippen LogP contribution is -2.35. The summed E-state index contributed by atoms with van der Waals surface area (Å²) in [5.74, 6) is 0.200. The van der Waals surface area contributed by atoms with Crippen LogP contribution in [-0.2, 0) is 4.79 Å². The van der Waals surface area contributed by atoms with Crippen molar-refractivity contribution in [2.75, 3.05) is 20.3 Å². The molecule has 0 fully saturated rings. The van der Waals surface area contributed by atoms with Gasteiger partial charge in [-0.2, -0.15) is 0 Å². The molecule has 3 nitrogen and oxygen atoms in total. The third-order valence-corrected chi connectivity index (χ3v) is 3.16. The summed E-state index contributed by atoms with van der Waals surface area (Å²) in [6.45, 7) is 6.11. The van der Waals surface area contributed by atoms with Crippen LogP contribution in [0.15, 0.2) is 0 Å². The first-order valence-electron chi connectivity index (χ1n) is 7.66. The van der Waals surface area contributed by atoms with Gasteiger partial charge in [0.15, 0.2) is 0 Å². The van der Waals surface area contributed by atoms with Crippen LogP contribution in [-0.4, -0.2) is 31.1 Å². The topological polar surface area (TPSA) is 32.3 Å². The van der Waals surface area contributed by atoms with Crippen molar-refractivity contribution in [3.8, 4) is 0 Å². The van der Waals surface area contributed by atoms with E-state index in [1.165, 1.54) is 38.5 Å². The molecule has 0 atom stereocenters. The highest BCUT2D eigenvalue weighted by Gasteiger charge is 2.02. The van der Waals surface area contributed by atoms with Crippen LogP contribution < -0.4 is 5.32 Å². The van der Waals surface area contributed by atoms with Gasteiger partial charge in [-0.3, -0.25) is 9.69 Å². The van der Waals surface area contributed by atoms with Crippen LogP contribution in [0.25, 0.3) is 0 Å². The van der Waals surface area contributed by atoms with Gasteiger partial charge in [-0.25, -0.2) is 0 Å². The lowest BCUT2D eigenvalue weighted by Gasteiger charge is -2.16. The summed E-state index contributed by atoms with van der Waals surface area (Å²) in [7, 11) is 2.04. The van der Waals surface area contributed by atoms with E-state index in [0.717, 1.165) is 19.4 Å². The normalized spacial score (nSPS) is 10.9. The van der Waals surface area contributed by atoms with Gasteiger partial charge >= 0.3 is 0 Å². The van der Waals surface area contributed by atoms with Gasteiger partial charge in [-0.1, -0.05) is 52.4 Å². The highest BCUT2D eigenvalue weighted by Crippen LogP contribution is 2.08. The van der Waals surface area contributed by atoms with E-state index >= 15 is 0 Å². The molecule has 0 radical (unpaired) electrons. The largest absolute Gasteiger partial charge is 0.343 e. The zero-order chi connectivity index (χ0) is 13.6. The van der Waals surface area contributed by atoms with Crippen molar-refractivity contribution in [1.29, 1.82) is 0 Å². The SMILES string of the molecule is CCCCCCCCCC(=O)NCN(C)CCC. The number of carbonyl (C=O) groups excluding carboxylic acids is 1. The fraction of sp³-hybridized carbons (Fsp3) is 0.933. The Morgan fingerprint density at radius 1 is 0.944 bits per heavy atom. The highest BCUT2D eigenvalue weighted by molar-refractivity contribution is 5.75. The molecule has 1 N–H and O–H groups in total. The fourth-order valence-corrected chi connectivity index (χ4v) is 2.01. The molecule has 3 heteroatoms. The Balaban J connectivity index is 3.26. The van der Waals surface area contributed by atoms with Crippen LogP contribution in [0.1, 0.15) is 71.6 Å². The first-order valence-corrected chi connectivity index (χ1v) is 7.66. The quantitative estimate of drug-likeness (QED) is 0.428. The molecule has 0 aromatic rings. The summed E-state index contributed by atoms with van der Waals surface area (Å²) in [6, 6.07) is 0. The molecule has 0 saturated heterocycles. The highest BCUT2D eigenvalue weighted by atomic mass is 16.1. The Kier molecular flexibility index (Phi) is 12.5. The van der Waals surface area contributed by atoms with Gasteiger partial charge in [0, 0.05) is 6.42 Å². The van der Waals surface area contributed by atoms with Gasteiger partial charge in [-0.15, -0.1) is 0 Å². The van der Waals surface area contributed by atoms with Crippen LogP contribution >= 0.6 is 0 Å². The maximum atomic E-state index is 11.5. The fourth-order valence-electron chi connectivity index (χ4n) is 2.01. The molecule has 0 aliphatic rings. The molecule has 0 saturated carbocycles. The molecule has 0 aromatic heterocycles. The number of nitrogens with one attached hydrogen (secondary N) is 1. The summed E-state index contributed by atoms with van der Waals surface area (Å²) < 4.78 is 0. The maximum absolute atomic E-state index is 11.5. The van der Waals surface area contributed by atoms with Crippen LogP contribution in [0.5, 0.6) is 0 Å². The smallest absolute Gasteiger partial charge is 0.220 e. The monoisotopic (exact) mass is 256 g/mol. The molecule has 0 bridgehead atoms. The molecule has 0 aliphatic heterocycles. The minimum absolute atomic E-state index is 0.200. The van der Waals surface area contributed by atoms with Crippen molar-refractivity contribution >= 4 is 5.91 Å². The van der Waals surface area contributed by atoms with Crippen molar-refractivity contribution in [2.45, 2.75) is 71.6 Å². The molecule has 18 heavy (non-hydrogen) atoms. The van der Waals surface area contributed by atoms with Crippen molar-refractivity contribution in [3.63, 3.8) is 0 Å². The first kappa shape index (κ1) is 17.4. The molecule has 0 rings (SSSR count). The molecular formula is C15H32N2O. The van der Waals surface area contributed by atoms with Crippen molar-refractivity contribution in [3.05, 3.63) is 0 Å². The molecule has 1 amide bonds. The Morgan fingerprint density at radius 2 is 1.56 bits per heavy atom. The average Bonchev–Trinajstić information content (AvgIpc) is 2.35. The number of carbonyl (C=O) groups is 1. The van der Waals surface area contributed by atoms with E-state index < -0.39 is 0 Å². The van der Waals surface area contributed by atoms with E-state index in [-0.39, 0.29) is 5.91 Å². The third kappa shape index (κ3) is 11.9. The minimum Gasteiger partial charge on any atom is -0.343 e. The van der Waals surface area contributed by atoms with E-state index in [4.69, 9.17) is 0 Å². The standard InChI is InChI=1S/C15H32N2O/c1-4-6-7-8-9-10-11-12-15(18)16-14-17(3)13-5-2/h4-14H2,1-3H3,(H,16,18). The van der Waals surface area contributed by atoms with E-state index in [2.05, 4.69) is 24.1 Å².